The van der Waals surface area contributed by atoms with Crippen LogP contribution in [0.3, 0.4) is 0 Å². The molecule has 1 fully saturated rings. The van der Waals surface area contributed by atoms with E-state index in [0.717, 1.165) is 44.0 Å². The number of ether oxygens (including phenoxy) is 3. The zero-order valence-electron chi connectivity index (χ0n) is 10.2. The van der Waals surface area contributed by atoms with E-state index in [1.54, 1.807) is 0 Å². The number of aryl methyl sites for hydroxylation is 1. The normalized spacial score (nSPS) is 23.0. The Kier molecular flexibility index (Phi) is 2.93. The molecule has 1 aromatic carbocycles. The Morgan fingerprint density at radius 1 is 1.24 bits per heavy atom. The van der Waals surface area contributed by atoms with E-state index in [1.165, 1.54) is 17.5 Å². The van der Waals surface area contributed by atoms with E-state index in [1.807, 2.05) is 6.07 Å². The van der Waals surface area contributed by atoms with Crippen molar-refractivity contribution in [2.45, 2.75) is 38.9 Å². The van der Waals surface area contributed by atoms with Crippen LogP contribution in [0.4, 0.5) is 0 Å². The van der Waals surface area contributed by atoms with Crippen LogP contribution in [-0.4, -0.2) is 19.5 Å². The Morgan fingerprint density at radius 3 is 3.00 bits per heavy atom. The van der Waals surface area contributed by atoms with Crippen molar-refractivity contribution in [2.75, 3.05) is 13.2 Å². The smallest absolute Gasteiger partial charge is 0.199 e. The highest BCUT2D eigenvalue weighted by Gasteiger charge is 2.23. The van der Waals surface area contributed by atoms with Crippen molar-refractivity contribution >= 4 is 0 Å². The van der Waals surface area contributed by atoms with Gasteiger partial charge in [-0.15, -0.1) is 0 Å². The van der Waals surface area contributed by atoms with E-state index >= 15 is 0 Å². The van der Waals surface area contributed by atoms with Gasteiger partial charge in [0.05, 0.1) is 13.2 Å². The van der Waals surface area contributed by atoms with E-state index < -0.39 is 0 Å². The second-order valence-electron chi connectivity index (χ2n) is 4.70. The van der Waals surface area contributed by atoms with Gasteiger partial charge in [0.25, 0.3) is 0 Å². The van der Waals surface area contributed by atoms with Gasteiger partial charge < -0.3 is 14.2 Å². The molecule has 2 aliphatic heterocycles. The van der Waals surface area contributed by atoms with Crippen LogP contribution in [0, 0.1) is 6.92 Å². The maximum Gasteiger partial charge on any atom is 0.199 e. The second kappa shape index (κ2) is 4.57. The molecule has 0 N–H and O–H groups in total. The molecule has 2 aliphatic rings. The highest BCUT2D eigenvalue weighted by Crippen LogP contribution is 2.37. The molecule has 0 radical (unpaired) electrons. The second-order valence-corrected chi connectivity index (χ2v) is 4.70. The lowest BCUT2D eigenvalue weighted by atomic mass is 10.1. The fourth-order valence-electron chi connectivity index (χ4n) is 2.46. The van der Waals surface area contributed by atoms with Gasteiger partial charge in [-0.3, -0.25) is 0 Å². The summed E-state index contributed by atoms with van der Waals surface area (Å²) < 4.78 is 17.2. The molecule has 1 unspecified atom stereocenters. The summed E-state index contributed by atoms with van der Waals surface area (Å²) in [7, 11) is 0. The molecule has 1 aromatic rings. The fourth-order valence-corrected chi connectivity index (χ4v) is 2.46. The van der Waals surface area contributed by atoms with Crippen molar-refractivity contribution in [3.05, 3.63) is 23.3 Å². The van der Waals surface area contributed by atoms with Crippen molar-refractivity contribution in [3.63, 3.8) is 0 Å². The van der Waals surface area contributed by atoms with Crippen LogP contribution >= 0.6 is 0 Å². The number of rotatable bonds is 2. The third-order valence-corrected chi connectivity index (χ3v) is 3.41. The van der Waals surface area contributed by atoms with Crippen LogP contribution in [0.2, 0.25) is 0 Å². The lowest BCUT2D eigenvalue weighted by Gasteiger charge is -2.25. The monoisotopic (exact) mass is 234 g/mol. The predicted octanol–water partition coefficient (Wildman–Crippen LogP) is 2.84. The minimum atomic E-state index is -0.0745. The number of fused-ring (bicyclic) bond motifs is 1. The molecule has 1 saturated heterocycles. The van der Waals surface area contributed by atoms with Crippen molar-refractivity contribution in [1.82, 2.24) is 0 Å². The summed E-state index contributed by atoms with van der Waals surface area (Å²) in [6.45, 7) is 3.66. The van der Waals surface area contributed by atoms with Crippen LogP contribution in [0.1, 0.15) is 30.4 Å². The average molecular weight is 234 g/mol. The van der Waals surface area contributed by atoms with Crippen LogP contribution < -0.4 is 9.47 Å². The molecule has 0 aliphatic carbocycles. The Morgan fingerprint density at radius 2 is 2.18 bits per heavy atom. The lowest BCUT2D eigenvalue weighted by molar-refractivity contribution is -0.106. The third kappa shape index (κ3) is 2.12. The maximum absolute atomic E-state index is 6.03. The molecular formula is C14H18O3. The fraction of sp³-hybridized carbons (Fsp3) is 0.571. The molecule has 2 heterocycles. The molecule has 1 atom stereocenters. The zero-order chi connectivity index (χ0) is 11.7. The van der Waals surface area contributed by atoms with Crippen molar-refractivity contribution in [3.8, 4) is 11.5 Å². The summed E-state index contributed by atoms with van der Waals surface area (Å²) in [4.78, 5) is 0. The highest BCUT2D eigenvalue weighted by molar-refractivity contribution is 5.51. The van der Waals surface area contributed by atoms with Crippen molar-refractivity contribution < 1.29 is 14.2 Å². The van der Waals surface area contributed by atoms with Gasteiger partial charge in [0.15, 0.2) is 6.29 Å². The van der Waals surface area contributed by atoms with Crippen LogP contribution in [0.5, 0.6) is 11.5 Å². The Bertz CT molecular complexity index is 408. The standard InChI is InChI=1S/C14H18O3/c1-10-5-6-12-11(7-9-15-12)14(10)17-13-4-2-3-8-16-13/h5-6,13H,2-4,7-9H2,1H3. The number of hydrogen-bond donors (Lipinski definition) is 0. The molecule has 0 bridgehead atoms. The first kappa shape index (κ1) is 10.9. The maximum atomic E-state index is 6.03. The minimum Gasteiger partial charge on any atom is -0.493 e. The molecule has 17 heavy (non-hydrogen) atoms. The number of benzene rings is 1. The Labute approximate surface area is 102 Å². The van der Waals surface area contributed by atoms with Gasteiger partial charge in [0.2, 0.25) is 0 Å². The lowest BCUT2D eigenvalue weighted by Crippen LogP contribution is -2.25. The van der Waals surface area contributed by atoms with Gasteiger partial charge in [-0.25, -0.2) is 0 Å². The largest absolute Gasteiger partial charge is 0.493 e. The van der Waals surface area contributed by atoms with Crippen LogP contribution in [0.15, 0.2) is 12.1 Å². The van der Waals surface area contributed by atoms with Gasteiger partial charge in [-0.05, 0) is 31.4 Å². The molecule has 3 nitrogen and oxygen atoms in total. The first-order valence-corrected chi connectivity index (χ1v) is 6.38. The summed E-state index contributed by atoms with van der Waals surface area (Å²) in [5.41, 5.74) is 2.38. The van der Waals surface area contributed by atoms with Crippen LogP contribution in [-0.2, 0) is 11.2 Å². The summed E-state index contributed by atoms with van der Waals surface area (Å²) in [5.74, 6) is 1.95. The van der Waals surface area contributed by atoms with Gasteiger partial charge in [0, 0.05) is 18.4 Å². The topological polar surface area (TPSA) is 27.7 Å². The van der Waals surface area contributed by atoms with Gasteiger partial charge in [0.1, 0.15) is 11.5 Å². The van der Waals surface area contributed by atoms with Crippen molar-refractivity contribution in [1.29, 1.82) is 0 Å². The average Bonchev–Trinajstić information content (AvgIpc) is 2.83. The van der Waals surface area contributed by atoms with E-state index in [4.69, 9.17) is 14.2 Å². The predicted molar refractivity (Wildman–Crippen MR) is 64.6 cm³/mol. The minimum absolute atomic E-state index is 0.0745. The summed E-state index contributed by atoms with van der Waals surface area (Å²) >= 11 is 0. The molecular weight excluding hydrogens is 216 g/mol. The molecule has 3 rings (SSSR count). The van der Waals surface area contributed by atoms with E-state index in [9.17, 15) is 0 Å². The third-order valence-electron chi connectivity index (χ3n) is 3.41. The number of hydrogen-bond acceptors (Lipinski definition) is 3. The quantitative estimate of drug-likeness (QED) is 0.787. The van der Waals surface area contributed by atoms with Gasteiger partial charge in [-0.1, -0.05) is 6.07 Å². The zero-order valence-corrected chi connectivity index (χ0v) is 10.2. The molecule has 0 aromatic heterocycles. The Hall–Kier alpha value is -1.22. The van der Waals surface area contributed by atoms with E-state index in [-0.39, 0.29) is 6.29 Å². The molecule has 92 valence electrons. The SMILES string of the molecule is Cc1ccc2c(c1OC1CCCCO1)CCO2. The first-order chi connectivity index (χ1) is 8.34. The molecule has 0 spiro atoms. The molecule has 3 heteroatoms. The summed E-state index contributed by atoms with van der Waals surface area (Å²) in [5, 5.41) is 0. The highest BCUT2D eigenvalue weighted by atomic mass is 16.7. The van der Waals surface area contributed by atoms with E-state index in [0.29, 0.717) is 0 Å². The summed E-state index contributed by atoms with van der Waals surface area (Å²) in [6, 6.07) is 4.09. The van der Waals surface area contributed by atoms with Gasteiger partial charge >= 0.3 is 0 Å². The summed E-state index contributed by atoms with van der Waals surface area (Å²) in [6.07, 6.45) is 4.20. The van der Waals surface area contributed by atoms with Crippen molar-refractivity contribution in [2.24, 2.45) is 0 Å². The van der Waals surface area contributed by atoms with Gasteiger partial charge in [-0.2, -0.15) is 0 Å². The molecule has 0 saturated carbocycles. The molecule has 0 amide bonds. The van der Waals surface area contributed by atoms with E-state index in [2.05, 4.69) is 13.0 Å². The Balaban J connectivity index is 1.84. The first-order valence-electron chi connectivity index (χ1n) is 6.38. The van der Waals surface area contributed by atoms with Crippen LogP contribution in [0.25, 0.3) is 0 Å².